The van der Waals surface area contributed by atoms with Crippen molar-refractivity contribution in [2.75, 3.05) is 11.9 Å². The van der Waals surface area contributed by atoms with Gasteiger partial charge in [-0.1, -0.05) is 0 Å². The summed E-state index contributed by atoms with van der Waals surface area (Å²) in [6.45, 7) is 2.49. The third-order valence-electron chi connectivity index (χ3n) is 3.11. The third-order valence-corrected chi connectivity index (χ3v) is 3.11. The van der Waals surface area contributed by atoms with Gasteiger partial charge in [-0.15, -0.1) is 5.10 Å². The molecule has 0 saturated carbocycles. The molecule has 21 heavy (non-hydrogen) atoms. The van der Waals surface area contributed by atoms with E-state index in [9.17, 15) is 8.78 Å². The smallest absolute Gasteiger partial charge is 0.243 e. The van der Waals surface area contributed by atoms with Gasteiger partial charge in [0.25, 0.3) is 0 Å². The number of nitrogens with one attached hydrogen (secondary N) is 1. The molecule has 1 N–H and O–H groups in total. The quantitative estimate of drug-likeness (QED) is 0.802. The molecule has 0 unspecified atom stereocenters. The van der Waals surface area contributed by atoms with Gasteiger partial charge in [0.15, 0.2) is 5.65 Å². The summed E-state index contributed by atoms with van der Waals surface area (Å²) >= 11 is 0. The summed E-state index contributed by atoms with van der Waals surface area (Å²) in [5.41, 5.74) is 2.46. The standard InChI is InChI=1S/C15H14F2N4/c1-10-3-5-21-14(6-10)19-15(20-21)18-4-2-11-7-12(16)9-13(17)8-11/h3,5-9H,2,4H2,1H3,(H,18,20). The van der Waals surface area contributed by atoms with Crippen molar-refractivity contribution in [2.45, 2.75) is 13.3 Å². The lowest BCUT2D eigenvalue weighted by Gasteiger charge is -2.03. The van der Waals surface area contributed by atoms with Gasteiger partial charge in [-0.2, -0.15) is 4.98 Å². The molecule has 0 atom stereocenters. The fourth-order valence-corrected chi connectivity index (χ4v) is 2.13. The van der Waals surface area contributed by atoms with Crippen LogP contribution in [-0.2, 0) is 6.42 Å². The zero-order chi connectivity index (χ0) is 14.8. The number of hydrogen-bond donors (Lipinski definition) is 1. The summed E-state index contributed by atoms with van der Waals surface area (Å²) in [7, 11) is 0. The molecule has 1 aromatic carbocycles. The lowest BCUT2D eigenvalue weighted by molar-refractivity contribution is 0.580. The van der Waals surface area contributed by atoms with E-state index >= 15 is 0 Å². The van der Waals surface area contributed by atoms with Gasteiger partial charge in [0.2, 0.25) is 5.95 Å². The second kappa shape index (κ2) is 5.47. The third kappa shape index (κ3) is 3.16. The van der Waals surface area contributed by atoms with Crippen LogP contribution in [-0.4, -0.2) is 21.1 Å². The number of aryl methyl sites for hydroxylation is 1. The Balaban J connectivity index is 1.66. The van der Waals surface area contributed by atoms with Crippen molar-refractivity contribution in [2.24, 2.45) is 0 Å². The molecule has 3 aromatic rings. The molecule has 4 nitrogen and oxygen atoms in total. The molecule has 6 heteroatoms. The highest BCUT2D eigenvalue weighted by Gasteiger charge is 2.04. The highest BCUT2D eigenvalue weighted by atomic mass is 19.1. The van der Waals surface area contributed by atoms with Gasteiger partial charge in [-0.25, -0.2) is 13.3 Å². The zero-order valence-electron chi connectivity index (χ0n) is 11.5. The Morgan fingerprint density at radius 1 is 1.14 bits per heavy atom. The molecule has 0 saturated heterocycles. The first-order valence-corrected chi connectivity index (χ1v) is 6.62. The minimum atomic E-state index is -0.564. The van der Waals surface area contributed by atoms with Gasteiger partial charge < -0.3 is 5.32 Å². The molecular formula is C15H14F2N4. The SMILES string of the molecule is Cc1ccn2nc(NCCc3cc(F)cc(F)c3)nc2c1. The molecule has 0 aliphatic rings. The van der Waals surface area contributed by atoms with Crippen LogP contribution >= 0.6 is 0 Å². The van der Waals surface area contributed by atoms with Crippen LogP contribution < -0.4 is 5.32 Å². The van der Waals surface area contributed by atoms with E-state index in [1.165, 1.54) is 12.1 Å². The van der Waals surface area contributed by atoms with Crippen molar-refractivity contribution < 1.29 is 8.78 Å². The Morgan fingerprint density at radius 2 is 1.90 bits per heavy atom. The summed E-state index contributed by atoms with van der Waals surface area (Å²) in [6, 6.07) is 7.39. The molecule has 3 rings (SSSR count). The second-order valence-electron chi connectivity index (χ2n) is 4.90. The fourth-order valence-electron chi connectivity index (χ4n) is 2.13. The number of hydrogen-bond acceptors (Lipinski definition) is 3. The van der Waals surface area contributed by atoms with Crippen molar-refractivity contribution in [1.29, 1.82) is 0 Å². The maximum atomic E-state index is 13.1. The van der Waals surface area contributed by atoms with Crippen molar-refractivity contribution in [3.63, 3.8) is 0 Å². The molecule has 0 spiro atoms. The highest BCUT2D eigenvalue weighted by Crippen LogP contribution is 2.10. The Kier molecular flexibility index (Phi) is 3.51. The van der Waals surface area contributed by atoms with Crippen LogP contribution in [0.5, 0.6) is 0 Å². The number of aromatic nitrogens is 3. The van der Waals surface area contributed by atoms with Crippen molar-refractivity contribution in [1.82, 2.24) is 14.6 Å². The fraction of sp³-hybridized carbons (Fsp3) is 0.200. The topological polar surface area (TPSA) is 42.2 Å². The average molecular weight is 288 g/mol. The largest absolute Gasteiger partial charge is 0.353 e. The van der Waals surface area contributed by atoms with E-state index in [0.29, 0.717) is 24.5 Å². The van der Waals surface area contributed by atoms with Gasteiger partial charge in [-0.3, -0.25) is 0 Å². The average Bonchev–Trinajstić information content (AvgIpc) is 2.79. The predicted octanol–water partition coefficient (Wildman–Crippen LogP) is 2.97. The van der Waals surface area contributed by atoms with Gasteiger partial charge in [0.05, 0.1) is 0 Å². The zero-order valence-corrected chi connectivity index (χ0v) is 11.5. The summed E-state index contributed by atoms with van der Waals surface area (Å²) in [4.78, 5) is 4.33. The summed E-state index contributed by atoms with van der Waals surface area (Å²) in [6.07, 6.45) is 2.33. The van der Waals surface area contributed by atoms with Gasteiger partial charge in [-0.05, 0) is 48.7 Å². The van der Waals surface area contributed by atoms with Crippen molar-refractivity contribution in [3.8, 4) is 0 Å². The second-order valence-corrected chi connectivity index (χ2v) is 4.90. The van der Waals surface area contributed by atoms with Crippen molar-refractivity contribution in [3.05, 3.63) is 59.3 Å². The maximum absolute atomic E-state index is 13.1. The van der Waals surface area contributed by atoms with Crippen LogP contribution in [0.3, 0.4) is 0 Å². The van der Waals surface area contributed by atoms with Crippen LogP contribution in [0.15, 0.2) is 36.5 Å². The molecular weight excluding hydrogens is 274 g/mol. The number of halogens is 2. The molecule has 0 fully saturated rings. The first-order chi connectivity index (χ1) is 10.1. The van der Waals surface area contributed by atoms with Crippen LogP contribution in [0.1, 0.15) is 11.1 Å². The first kappa shape index (κ1) is 13.5. The summed E-state index contributed by atoms with van der Waals surface area (Å²) in [5.74, 6) is -0.630. The van der Waals surface area contributed by atoms with Crippen LogP contribution in [0, 0.1) is 18.6 Å². The summed E-state index contributed by atoms with van der Waals surface area (Å²) in [5, 5.41) is 7.32. The predicted molar refractivity (Wildman–Crippen MR) is 76.3 cm³/mol. The number of pyridine rings is 1. The molecule has 0 aliphatic heterocycles. The van der Waals surface area contributed by atoms with E-state index in [1.807, 2.05) is 25.3 Å². The van der Waals surface area contributed by atoms with E-state index in [-0.39, 0.29) is 0 Å². The van der Waals surface area contributed by atoms with E-state index in [1.54, 1.807) is 4.52 Å². The molecule has 2 aromatic heterocycles. The lowest BCUT2D eigenvalue weighted by atomic mass is 10.1. The Bertz CT molecular complexity index is 762. The first-order valence-electron chi connectivity index (χ1n) is 6.62. The normalized spacial score (nSPS) is 11.0. The van der Waals surface area contributed by atoms with Crippen LogP contribution in [0.2, 0.25) is 0 Å². The monoisotopic (exact) mass is 288 g/mol. The van der Waals surface area contributed by atoms with E-state index in [4.69, 9.17) is 0 Å². The molecule has 0 radical (unpaired) electrons. The molecule has 0 aliphatic carbocycles. The van der Waals surface area contributed by atoms with Crippen LogP contribution in [0.25, 0.3) is 5.65 Å². The van der Waals surface area contributed by atoms with E-state index in [2.05, 4.69) is 15.4 Å². The van der Waals surface area contributed by atoms with Gasteiger partial charge in [0, 0.05) is 18.8 Å². The number of nitrogens with zero attached hydrogens (tertiary/aromatic N) is 3. The number of anilines is 1. The highest BCUT2D eigenvalue weighted by molar-refractivity contribution is 5.45. The Labute approximate surface area is 120 Å². The Morgan fingerprint density at radius 3 is 2.67 bits per heavy atom. The lowest BCUT2D eigenvalue weighted by Crippen LogP contribution is -2.06. The molecule has 108 valence electrons. The van der Waals surface area contributed by atoms with E-state index in [0.717, 1.165) is 17.3 Å². The molecule has 0 amide bonds. The van der Waals surface area contributed by atoms with E-state index < -0.39 is 11.6 Å². The minimum absolute atomic E-state index is 0.489. The Hall–Kier alpha value is -2.50. The summed E-state index contributed by atoms with van der Waals surface area (Å²) < 4.78 is 27.8. The number of benzene rings is 1. The molecule has 2 heterocycles. The molecule has 0 bridgehead atoms. The van der Waals surface area contributed by atoms with Crippen molar-refractivity contribution >= 4 is 11.6 Å². The van der Waals surface area contributed by atoms with Gasteiger partial charge in [0.1, 0.15) is 11.6 Å². The van der Waals surface area contributed by atoms with Gasteiger partial charge >= 0.3 is 0 Å². The maximum Gasteiger partial charge on any atom is 0.243 e. The number of fused-ring (bicyclic) bond motifs is 1. The minimum Gasteiger partial charge on any atom is -0.353 e. The van der Waals surface area contributed by atoms with Crippen LogP contribution in [0.4, 0.5) is 14.7 Å². The number of rotatable bonds is 4.